The van der Waals surface area contributed by atoms with Crippen LogP contribution >= 0.6 is 22.7 Å². The number of thiazole rings is 2. The van der Waals surface area contributed by atoms with Gasteiger partial charge in [-0.25, -0.2) is 19.6 Å². The standard InChI is InChI=1S/C54H56N6O8S2/c1-25-23-31-47(69-51(57-31)59(9)10)40(35(25)45(49(61)62)67-53(3,4)5)29-14-16-33-39-28(18-21-56-43(29)39)24-34(66-33)36-26(2)37(46(50(63)64)68-54(6,7)8)41(48-44(36)58-52(70-48)60(11)12)30-13-15-32-38-27(19-22-65-32)17-20-55-42(30)38/h13-18,20-21,23,34,45-46H,19,22,24H2,1-12H3,(H,61,62)(H,63,64)/t34?,45-,46-/m0/s1. The second-order valence-corrected chi connectivity index (χ2v) is 22.5. The van der Waals surface area contributed by atoms with Gasteiger partial charge < -0.3 is 39.0 Å². The van der Waals surface area contributed by atoms with E-state index in [4.69, 9.17) is 38.9 Å². The number of carboxylic acids is 2. The molecule has 70 heavy (non-hydrogen) atoms. The van der Waals surface area contributed by atoms with Crippen LogP contribution in [-0.2, 0) is 31.9 Å². The first-order chi connectivity index (χ1) is 33.1. The van der Waals surface area contributed by atoms with Crippen LogP contribution in [0.1, 0.15) is 98.8 Å². The summed E-state index contributed by atoms with van der Waals surface area (Å²) in [5.41, 5.74) is 9.37. The molecule has 0 saturated heterocycles. The molecule has 2 aliphatic rings. The van der Waals surface area contributed by atoms with Gasteiger partial charge in [0, 0.05) is 103 Å². The molecule has 362 valence electrons. The van der Waals surface area contributed by atoms with E-state index in [1.807, 2.05) is 142 Å². The predicted molar refractivity (Wildman–Crippen MR) is 278 cm³/mol. The summed E-state index contributed by atoms with van der Waals surface area (Å²) >= 11 is 2.98. The van der Waals surface area contributed by atoms with Crippen molar-refractivity contribution in [2.75, 3.05) is 44.6 Å². The number of fused-ring (bicyclic) bond motifs is 2. The van der Waals surface area contributed by atoms with E-state index in [0.717, 1.165) is 81.5 Å². The van der Waals surface area contributed by atoms with Gasteiger partial charge in [0.2, 0.25) is 0 Å². The summed E-state index contributed by atoms with van der Waals surface area (Å²) in [4.78, 5) is 51.2. The predicted octanol–water partition coefficient (Wildman–Crippen LogP) is 11.6. The number of nitrogens with zero attached hydrogens (tertiary/aromatic N) is 6. The van der Waals surface area contributed by atoms with Crippen molar-refractivity contribution in [3.63, 3.8) is 0 Å². The largest absolute Gasteiger partial charge is 0.493 e. The summed E-state index contributed by atoms with van der Waals surface area (Å²) in [7, 11) is 7.77. The van der Waals surface area contributed by atoms with Gasteiger partial charge in [-0.2, -0.15) is 0 Å². The van der Waals surface area contributed by atoms with E-state index in [0.29, 0.717) is 63.1 Å². The molecule has 10 rings (SSSR count). The number of hydrogen-bond acceptors (Lipinski definition) is 14. The zero-order valence-electron chi connectivity index (χ0n) is 41.4. The van der Waals surface area contributed by atoms with Crippen molar-refractivity contribution in [2.45, 2.75) is 97.7 Å². The van der Waals surface area contributed by atoms with E-state index in [1.165, 1.54) is 22.7 Å². The Hall–Kier alpha value is -6.46. The monoisotopic (exact) mass is 980 g/mol. The number of carboxylic acid groups (broad SMARTS) is 2. The second-order valence-electron chi connectivity index (χ2n) is 20.5. The third-order valence-corrected chi connectivity index (χ3v) is 15.3. The molecule has 0 aliphatic carbocycles. The zero-order valence-corrected chi connectivity index (χ0v) is 43.0. The molecule has 16 heteroatoms. The van der Waals surface area contributed by atoms with Crippen LogP contribution in [0.3, 0.4) is 0 Å². The average molecular weight is 981 g/mol. The Morgan fingerprint density at radius 2 is 1.26 bits per heavy atom. The number of aryl methyl sites for hydroxylation is 1. The van der Waals surface area contributed by atoms with Crippen LogP contribution in [0, 0.1) is 13.8 Å². The molecule has 8 aromatic rings. The highest BCUT2D eigenvalue weighted by atomic mass is 32.1. The zero-order chi connectivity index (χ0) is 49.9. The van der Waals surface area contributed by atoms with Crippen molar-refractivity contribution in [2.24, 2.45) is 0 Å². The SMILES string of the molecule is Cc1cc2nc(N(C)C)sc2c(-c2ccc3c4c(ccnc24)CC(c2c(C)c([C@H](OC(C)(C)C)C(=O)O)c(-c4ccc5c6c(ccnc46)CCO5)c4sc(N(C)C)nc24)O3)c1[C@H](OC(C)(C)C)C(=O)O. The smallest absolute Gasteiger partial charge is 0.337 e. The van der Waals surface area contributed by atoms with Crippen LogP contribution in [0.4, 0.5) is 10.3 Å². The number of benzene rings is 4. The first kappa shape index (κ1) is 47.2. The van der Waals surface area contributed by atoms with Crippen molar-refractivity contribution in [1.82, 2.24) is 19.9 Å². The first-order valence-electron chi connectivity index (χ1n) is 23.3. The van der Waals surface area contributed by atoms with Gasteiger partial charge in [-0.1, -0.05) is 22.7 Å². The topological polar surface area (TPSA) is 170 Å². The minimum Gasteiger partial charge on any atom is -0.493 e. The van der Waals surface area contributed by atoms with E-state index >= 15 is 0 Å². The minimum absolute atomic E-state index is 0.392. The lowest BCUT2D eigenvalue weighted by atomic mass is 9.83. The summed E-state index contributed by atoms with van der Waals surface area (Å²) in [5.74, 6) is -0.901. The van der Waals surface area contributed by atoms with Gasteiger partial charge in [0.15, 0.2) is 22.5 Å². The van der Waals surface area contributed by atoms with Crippen LogP contribution < -0.4 is 19.3 Å². The fourth-order valence-corrected chi connectivity index (χ4v) is 12.2. The van der Waals surface area contributed by atoms with Crippen molar-refractivity contribution < 1.29 is 38.7 Å². The lowest BCUT2D eigenvalue weighted by Crippen LogP contribution is -2.29. The molecule has 0 saturated carbocycles. The minimum atomic E-state index is -1.38. The summed E-state index contributed by atoms with van der Waals surface area (Å²) in [5, 5.41) is 25.3. The van der Waals surface area contributed by atoms with E-state index in [9.17, 15) is 19.8 Å². The van der Waals surface area contributed by atoms with Crippen LogP contribution in [-0.4, -0.2) is 88.1 Å². The lowest BCUT2D eigenvalue weighted by molar-refractivity contribution is -0.161. The number of aliphatic carboxylic acids is 2. The highest BCUT2D eigenvalue weighted by molar-refractivity contribution is 7.23. The molecule has 0 amide bonds. The van der Waals surface area contributed by atoms with E-state index < -0.39 is 41.5 Å². The molecule has 0 radical (unpaired) electrons. The van der Waals surface area contributed by atoms with E-state index in [2.05, 4.69) is 0 Å². The van der Waals surface area contributed by atoms with Crippen molar-refractivity contribution in [3.8, 4) is 33.8 Å². The number of aromatic nitrogens is 4. The van der Waals surface area contributed by atoms with Gasteiger partial charge in [0.05, 0.1) is 49.3 Å². The molecule has 4 aromatic carbocycles. The van der Waals surface area contributed by atoms with Crippen LogP contribution in [0.2, 0.25) is 0 Å². The number of hydrogen-bond donors (Lipinski definition) is 2. The van der Waals surface area contributed by atoms with Crippen molar-refractivity contribution in [1.29, 1.82) is 0 Å². The van der Waals surface area contributed by atoms with Gasteiger partial charge in [-0.15, -0.1) is 0 Å². The Morgan fingerprint density at radius 1 is 0.714 bits per heavy atom. The molecule has 1 unspecified atom stereocenters. The number of carbonyl (C=O) groups is 2. The number of rotatable bonds is 11. The van der Waals surface area contributed by atoms with E-state index in [1.54, 1.807) is 6.20 Å². The highest BCUT2D eigenvalue weighted by Crippen LogP contribution is 2.53. The average Bonchev–Trinajstić information content (AvgIpc) is 3.93. The highest BCUT2D eigenvalue weighted by Gasteiger charge is 2.39. The summed E-state index contributed by atoms with van der Waals surface area (Å²) in [6.45, 7) is 15.6. The third-order valence-electron chi connectivity index (χ3n) is 12.8. The van der Waals surface area contributed by atoms with E-state index in [-0.39, 0.29) is 0 Å². The van der Waals surface area contributed by atoms with Crippen LogP contribution in [0.5, 0.6) is 11.5 Å². The summed E-state index contributed by atoms with van der Waals surface area (Å²) in [6, 6.07) is 13.8. The number of ether oxygens (including phenoxy) is 4. The van der Waals surface area contributed by atoms with Gasteiger partial charge in [0.25, 0.3) is 0 Å². The maximum Gasteiger partial charge on any atom is 0.337 e. The van der Waals surface area contributed by atoms with Gasteiger partial charge in [-0.05, 0) is 120 Å². The Labute approximate surface area is 413 Å². The molecule has 2 aliphatic heterocycles. The lowest BCUT2D eigenvalue weighted by Gasteiger charge is -2.32. The van der Waals surface area contributed by atoms with Crippen molar-refractivity contribution >= 4 is 87.1 Å². The first-order valence-corrected chi connectivity index (χ1v) is 24.9. The Morgan fingerprint density at radius 3 is 1.86 bits per heavy atom. The Bertz CT molecular complexity index is 3450. The molecular weight excluding hydrogens is 925 g/mol. The molecule has 3 atom stereocenters. The molecular formula is C54H56N6O8S2. The molecule has 0 fully saturated rings. The van der Waals surface area contributed by atoms with Crippen LogP contribution in [0.25, 0.3) is 64.5 Å². The summed E-state index contributed by atoms with van der Waals surface area (Å²) in [6.07, 6.45) is 1.42. The van der Waals surface area contributed by atoms with Crippen molar-refractivity contribution in [3.05, 3.63) is 93.8 Å². The maximum absolute atomic E-state index is 13.8. The quantitative estimate of drug-likeness (QED) is 0.125. The normalized spacial score (nSPS) is 15.6. The molecule has 4 aromatic heterocycles. The molecule has 0 bridgehead atoms. The third kappa shape index (κ3) is 8.04. The fourth-order valence-electron chi connectivity index (χ4n) is 10.1. The Balaban J connectivity index is 1.21. The molecule has 2 N–H and O–H groups in total. The number of anilines is 2. The van der Waals surface area contributed by atoms with Crippen LogP contribution in [0.15, 0.2) is 54.9 Å². The molecule has 0 spiro atoms. The maximum atomic E-state index is 13.8. The van der Waals surface area contributed by atoms with Gasteiger partial charge in [0.1, 0.15) is 17.6 Å². The molecule has 14 nitrogen and oxygen atoms in total. The number of pyridine rings is 2. The fraction of sp³-hybridized carbons (Fsp3) is 0.370. The summed E-state index contributed by atoms with van der Waals surface area (Å²) < 4.78 is 27.9. The van der Waals surface area contributed by atoms with Gasteiger partial charge >= 0.3 is 11.9 Å². The van der Waals surface area contributed by atoms with Gasteiger partial charge in [-0.3, -0.25) is 9.97 Å². The Kier molecular flexibility index (Phi) is 11.6. The molecule has 6 heterocycles. The second kappa shape index (κ2) is 17.1.